The first-order valence-electron chi connectivity index (χ1n) is 5.37. The van der Waals surface area contributed by atoms with Gasteiger partial charge in [-0.2, -0.15) is 0 Å². The Balaban J connectivity index is 1.63. The van der Waals surface area contributed by atoms with Crippen LogP contribution in [-0.2, 0) is 9.53 Å². The highest BCUT2D eigenvalue weighted by Gasteiger charge is 2.61. The van der Waals surface area contributed by atoms with Crippen molar-refractivity contribution in [2.45, 2.75) is 30.9 Å². The number of hydrogen-bond acceptors (Lipinski definition) is 4. The molecule has 1 aliphatic heterocycles. The van der Waals surface area contributed by atoms with Gasteiger partial charge >= 0.3 is 5.97 Å². The number of carbonyl (C=O) groups is 2. The quantitative estimate of drug-likeness (QED) is 0.646. The van der Waals surface area contributed by atoms with Crippen molar-refractivity contribution in [3.63, 3.8) is 0 Å². The Morgan fingerprint density at radius 3 is 3.00 bits per heavy atom. The SMILES string of the molecule is O=C1CC[C@]2(C[C@@H]2NC(=O)c2ccc(I)s2)O1. The van der Waals surface area contributed by atoms with E-state index in [1.54, 1.807) is 0 Å². The average molecular weight is 363 g/mol. The molecule has 1 aromatic rings. The van der Waals surface area contributed by atoms with E-state index in [0.29, 0.717) is 11.3 Å². The molecule has 0 aromatic carbocycles. The van der Waals surface area contributed by atoms with Gasteiger partial charge in [0.25, 0.3) is 5.91 Å². The molecule has 1 amide bonds. The van der Waals surface area contributed by atoms with Crippen molar-refractivity contribution in [2.75, 3.05) is 0 Å². The molecule has 1 saturated heterocycles. The van der Waals surface area contributed by atoms with Gasteiger partial charge in [-0.25, -0.2) is 0 Å². The molecule has 2 atom stereocenters. The average Bonchev–Trinajstić information content (AvgIpc) is 2.64. The maximum Gasteiger partial charge on any atom is 0.306 e. The lowest BCUT2D eigenvalue weighted by Gasteiger charge is -2.08. The fraction of sp³-hybridized carbons (Fsp3) is 0.455. The van der Waals surface area contributed by atoms with Gasteiger partial charge in [0.2, 0.25) is 0 Å². The first kappa shape index (κ1) is 11.5. The maximum atomic E-state index is 11.9. The molecule has 1 aliphatic carbocycles. The van der Waals surface area contributed by atoms with Gasteiger partial charge in [-0.1, -0.05) is 0 Å². The molecule has 17 heavy (non-hydrogen) atoms. The highest BCUT2D eigenvalue weighted by Crippen LogP contribution is 2.48. The predicted octanol–water partition coefficient (Wildman–Crippen LogP) is 1.93. The van der Waals surface area contributed by atoms with Crippen LogP contribution in [0.1, 0.15) is 28.9 Å². The second-order valence-corrected chi connectivity index (χ2v) is 7.35. The molecular formula is C11H10INO3S. The second kappa shape index (κ2) is 3.94. The van der Waals surface area contributed by atoms with E-state index < -0.39 is 0 Å². The van der Waals surface area contributed by atoms with Crippen LogP contribution in [0.15, 0.2) is 12.1 Å². The van der Waals surface area contributed by atoms with E-state index in [1.165, 1.54) is 11.3 Å². The minimum absolute atomic E-state index is 0.00112. The van der Waals surface area contributed by atoms with Gasteiger partial charge in [-0.15, -0.1) is 11.3 Å². The van der Waals surface area contributed by atoms with E-state index in [1.807, 2.05) is 12.1 Å². The van der Waals surface area contributed by atoms with E-state index in [9.17, 15) is 9.59 Å². The van der Waals surface area contributed by atoms with Crippen LogP contribution in [0.4, 0.5) is 0 Å². The monoisotopic (exact) mass is 363 g/mol. The van der Waals surface area contributed by atoms with Crippen molar-refractivity contribution >= 4 is 45.8 Å². The normalized spacial score (nSPS) is 30.4. The standard InChI is InChI=1S/C11H10INO3S/c12-8-2-1-6(17-8)10(15)13-7-5-11(7)4-3-9(14)16-11/h1-2,7H,3-5H2,(H,13,15)/t7-,11+/m0/s1. The topological polar surface area (TPSA) is 55.4 Å². The van der Waals surface area contributed by atoms with Crippen molar-refractivity contribution < 1.29 is 14.3 Å². The molecule has 90 valence electrons. The molecule has 1 aromatic heterocycles. The minimum Gasteiger partial charge on any atom is -0.457 e. The van der Waals surface area contributed by atoms with Crippen LogP contribution in [-0.4, -0.2) is 23.5 Å². The Kier molecular flexibility index (Phi) is 2.66. The molecular weight excluding hydrogens is 353 g/mol. The summed E-state index contributed by atoms with van der Waals surface area (Å²) in [6.45, 7) is 0. The van der Waals surface area contributed by atoms with E-state index in [4.69, 9.17) is 4.74 Å². The molecule has 1 spiro atoms. The second-order valence-electron chi connectivity index (χ2n) is 4.37. The lowest BCUT2D eigenvalue weighted by molar-refractivity contribution is -0.143. The zero-order valence-electron chi connectivity index (χ0n) is 8.86. The van der Waals surface area contributed by atoms with Crippen LogP contribution < -0.4 is 5.32 Å². The van der Waals surface area contributed by atoms with Gasteiger partial charge in [0.1, 0.15) is 5.60 Å². The Labute approximate surface area is 116 Å². The fourth-order valence-corrected chi connectivity index (χ4v) is 3.69. The highest BCUT2D eigenvalue weighted by molar-refractivity contribution is 14.1. The van der Waals surface area contributed by atoms with Crippen LogP contribution >= 0.6 is 33.9 Å². The van der Waals surface area contributed by atoms with E-state index >= 15 is 0 Å². The first-order valence-corrected chi connectivity index (χ1v) is 7.27. The summed E-state index contributed by atoms with van der Waals surface area (Å²) in [6.07, 6.45) is 1.97. The molecule has 0 radical (unpaired) electrons. The number of amides is 1. The van der Waals surface area contributed by atoms with Crippen molar-refractivity contribution in [2.24, 2.45) is 0 Å². The summed E-state index contributed by atoms with van der Waals surface area (Å²) in [4.78, 5) is 23.7. The molecule has 0 bridgehead atoms. The van der Waals surface area contributed by atoms with Gasteiger partial charge < -0.3 is 10.1 Å². The Morgan fingerprint density at radius 2 is 2.41 bits per heavy atom. The molecule has 1 N–H and O–H groups in total. The minimum atomic E-state index is -0.378. The Morgan fingerprint density at radius 1 is 1.59 bits per heavy atom. The summed E-state index contributed by atoms with van der Waals surface area (Å²) >= 11 is 3.65. The molecule has 2 heterocycles. The van der Waals surface area contributed by atoms with Gasteiger partial charge in [0.15, 0.2) is 0 Å². The van der Waals surface area contributed by atoms with Crippen molar-refractivity contribution in [1.29, 1.82) is 0 Å². The summed E-state index contributed by atoms with van der Waals surface area (Å²) < 4.78 is 6.35. The first-order chi connectivity index (χ1) is 8.09. The third-order valence-electron chi connectivity index (χ3n) is 3.20. The van der Waals surface area contributed by atoms with Gasteiger partial charge in [-0.3, -0.25) is 9.59 Å². The Hall–Kier alpha value is -0.630. The summed E-state index contributed by atoms with van der Waals surface area (Å²) in [5.41, 5.74) is -0.378. The van der Waals surface area contributed by atoms with Crippen molar-refractivity contribution in [3.05, 3.63) is 19.9 Å². The molecule has 4 nitrogen and oxygen atoms in total. The van der Waals surface area contributed by atoms with E-state index in [-0.39, 0.29) is 23.5 Å². The summed E-state index contributed by atoms with van der Waals surface area (Å²) in [6, 6.07) is 3.73. The lowest BCUT2D eigenvalue weighted by Crippen LogP contribution is -2.31. The number of hydrogen-bond donors (Lipinski definition) is 1. The maximum absolute atomic E-state index is 11.9. The number of rotatable bonds is 2. The predicted molar refractivity (Wildman–Crippen MR) is 71.0 cm³/mol. The number of thiophene rings is 1. The molecule has 1 saturated carbocycles. The lowest BCUT2D eigenvalue weighted by atomic mass is 10.2. The fourth-order valence-electron chi connectivity index (χ4n) is 2.17. The number of esters is 1. The van der Waals surface area contributed by atoms with Crippen LogP contribution in [0.5, 0.6) is 0 Å². The molecule has 3 rings (SSSR count). The van der Waals surface area contributed by atoms with Crippen LogP contribution in [0.2, 0.25) is 0 Å². The zero-order chi connectivity index (χ0) is 12.0. The molecule has 2 fully saturated rings. The molecule has 0 unspecified atom stereocenters. The van der Waals surface area contributed by atoms with Crippen molar-refractivity contribution in [3.8, 4) is 0 Å². The van der Waals surface area contributed by atoms with Crippen LogP contribution in [0.3, 0.4) is 0 Å². The molecule has 2 aliphatic rings. The number of halogens is 1. The van der Waals surface area contributed by atoms with Gasteiger partial charge in [0.05, 0.1) is 13.8 Å². The molecule has 6 heteroatoms. The third-order valence-corrected chi connectivity index (χ3v) is 5.09. The number of nitrogens with one attached hydrogen (secondary N) is 1. The van der Waals surface area contributed by atoms with Gasteiger partial charge in [0, 0.05) is 12.8 Å². The summed E-state index contributed by atoms with van der Waals surface area (Å²) in [5.74, 6) is -0.213. The summed E-state index contributed by atoms with van der Waals surface area (Å²) in [7, 11) is 0. The van der Waals surface area contributed by atoms with Crippen LogP contribution in [0, 0.1) is 2.88 Å². The van der Waals surface area contributed by atoms with E-state index in [2.05, 4.69) is 27.9 Å². The number of ether oxygens (including phenoxy) is 1. The number of carbonyl (C=O) groups excluding carboxylic acids is 2. The highest BCUT2D eigenvalue weighted by atomic mass is 127. The Bertz CT molecular complexity index is 501. The van der Waals surface area contributed by atoms with Gasteiger partial charge in [-0.05, 0) is 41.1 Å². The zero-order valence-corrected chi connectivity index (χ0v) is 11.8. The van der Waals surface area contributed by atoms with Crippen LogP contribution in [0.25, 0.3) is 0 Å². The van der Waals surface area contributed by atoms with E-state index in [0.717, 1.165) is 15.7 Å². The third kappa shape index (κ3) is 2.08. The largest absolute Gasteiger partial charge is 0.457 e. The smallest absolute Gasteiger partial charge is 0.306 e. The summed E-state index contributed by atoms with van der Waals surface area (Å²) in [5, 5.41) is 2.93. The van der Waals surface area contributed by atoms with Crippen molar-refractivity contribution in [1.82, 2.24) is 5.32 Å².